The van der Waals surface area contributed by atoms with Gasteiger partial charge in [0, 0.05) is 25.6 Å². The third-order valence-corrected chi connectivity index (χ3v) is 3.60. The number of hydrogen-bond acceptors (Lipinski definition) is 5. The summed E-state index contributed by atoms with van der Waals surface area (Å²) < 4.78 is 15.8. The first-order chi connectivity index (χ1) is 11.8. The van der Waals surface area contributed by atoms with Gasteiger partial charge in [-0.3, -0.25) is 4.79 Å². The van der Waals surface area contributed by atoms with Crippen LogP contribution in [0, 0.1) is 18.3 Å². The minimum atomic E-state index is -0.512. The Kier molecular flexibility index (Phi) is 9.32. The standard InChI is InChI=1S/C18H30N2O5/c1-5-15-6-9-20(10-7-15)16(21)14-24-13-12-23-11-8-19-17(22)25-18(2,3)4/h1,15H,6-14H2,2-4H3,(H,19,22). The first-order valence-electron chi connectivity index (χ1n) is 8.68. The van der Waals surface area contributed by atoms with Crippen molar-refractivity contribution in [2.45, 2.75) is 39.2 Å². The Balaban J connectivity index is 1.96. The molecule has 1 saturated heterocycles. The van der Waals surface area contributed by atoms with Crippen molar-refractivity contribution in [1.82, 2.24) is 10.2 Å². The molecule has 142 valence electrons. The van der Waals surface area contributed by atoms with Crippen LogP contribution in [0.1, 0.15) is 33.6 Å². The maximum atomic E-state index is 12.0. The molecule has 0 unspecified atom stereocenters. The number of ether oxygens (including phenoxy) is 3. The van der Waals surface area contributed by atoms with Crippen LogP contribution in [-0.4, -0.2) is 68.6 Å². The van der Waals surface area contributed by atoms with Gasteiger partial charge < -0.3 is 24.4 Å². The first-order valence-corrected chi connectivity index (χ1v) is 8.68. The Labute approximate surface area is 150 Å². The summed E-state index contributed by atoms with van der Waals surface area (Å²) in [6.07, 6.45) is 6.64. The number of alkyl carbamates (subject to hydrolysis) is 1. The van der Waals surface area contributed by atoms with E-state index in [1.54, 1.807) is 25.7 Å². The highest BCUT2D eigenvalue weighted by molar-refractivity contribution is 5.77. The lowest BCUT2D eigenvalue weighted by molar-refractivity contribution is -0.137. The van der Waals surface area contributed by atoms with E-state index in [9.17, 15) is 9.59 Å². The van der Waals surface area contributed by atoms with Gasteiger partial charge in [0.05, 0.1) is 19.8 Å². The smallest absolute Gasteiger partial charge is 0.407 e. The number of amides is 2. The second-order valence-corrected chi connectivity index (χ2v) is 6.92. The molecule has 0 bridgehead atoms. The van der Waals surface area contributed by atoms with Gasteiger partial charge in [-0.1, -0.05) is 0 Å². The normalized spacial score (nSPS) is 15.5. The number of rotatable bonds is 8. The molecule has 2 amide bonds. The summed E-state index contributed by atoms with van der Waals surface area (Å²) in [5.74, 6) is 3.01. The molecular weight excluding hydrogens is 324 g/mol. The molecule has 0 aromatic heterocycles. The molecule has 1 heterocycles. The van der Waals surface area contributed by atoms with Crippen LogP contribution in [0.25, 0.3) is 0 Å². The van der Waals surface area contributed by atoms with E-state index in [-0.39, 0.29) is 18.4 Å². The van der Waals surface area contributed by atoms with E-state index in [4.69, 9.17) is 20.6 Å². The van der Waals surface area contributed by atoms with Gasteiger partial charge in [0.25, 0.3) is 0 Å². The number of carbonyl (C=O) groups excluding carboxylic acids is 2. The molecule has 0 radical (unpaired) electrons. The van der Waals surface area contributed by atoms with Crippen molar-refractivity contribution >= 4 is 12.0 Å². The van der Waals surface area contributed by atoms with Crippen LogP contribution in [0.2, 0.25) is 0 Å². The molecule has 7 nitrogen and oxygen atoms in total. The van der Waals surface area contributed by atoms with Crippen LogP contribution in [-0.2, 0) is 19.0 Å². The molecule has 1 rings (SSSR count). The predicted molar refractivity (Wildman–Crippen MR) is 94.0 cm³/mol. The van der Waals surface area contributed by atoms with Crippen LogP contribution in [0.5, 0.6) is 0 Å². The highest BCUT2D eigenvalue weighted by atomic mass is 16.6. The van der Waals surface area contributed by atoms with Crippen molar-refractivity contribution in [3.8, 4) is 12.3 Å². The van der Waals surface area contributed by atoms with Gasteiger partial charge in [0.2, 0.25) is 5.91 Å². The number of likely N-dealkylation sites (tertiary alicyclic amines) is 1. The number of hydrogen-bond donors (Lipinski definition) is 1. The van der Waals surface area contributed by atoms with Crippen molar-refractivity contribution in [2.24, 2.45) is 5.92 Å². The fourth-order valence-electron chi connectivity index (χ4n) is 2.31. The SMILES string of the molecule is C#CC1CCN(C(=O)COCCOCCNC(=O)OC(C)(C)C)CC1. The minimum Gasteiger partial charge on any atom is -0.444 e. The highest BCUT2D eigenvalue weighted by Gasteiger charge is 2.21. The minimum absolute atomic E-state index is 0.0120. The zero-order valence-corrected chi connectivity index (χ0v) is 15.5. The van der Waals surface area contributed by atoms with E-state index in [2.05, 4.69) is 11.2 Å². The summed E-state index contributed by atoms with van der Waals surface area (Å²) >= 11 is 0. The number of terminal acetylenes is 1. The van der Waals surface area contributed by atoms with Crippen LogP contribution >= 0.6 is 0 Å². The Morgan fingerprint density at radius 3 is 2.40 bits per heavy atom. The van der Waals surface area contributed by atoms with Crippen LogP contribution in [0.4, 0.5) is 4.79 Å². The van der Waals surface area contributed by atoms with Crippen molar-refractivity contribution in [2.75, 3.05) is 46.1 Å². The third-order valence-electron chi connectivity index (χ3n) is 3.60. The van der Waals surface area contributed by atoms with Crippen LogP contribution < -0.4 is 5.32 Å². The fraction of sp³-hybridized carbons (Fsp3) is 0.778. The van der Waals surface area contributed by atoms with Gasteiger partial charge in [-0.05, 0) is 33.6 Å². The number of nitrogens with one attached hydrogen (secondary N) is 1. The van der Waals surface area contributed by atoms with E-state index >= 15 is 0 Å². The Morgan fingerprint density at radius 1 is 1.16 bits per heavy atom. The molecule has 0 atom stereocenters. The zero-order valence-electron chi connectivity index (χ0n) is 15.5. The van der Waals surface area contributed by atoms with E-state index < -0.39 is 11.7 Å². The second-order valence-electron chi connectivity index (χ2n) is 6.92. The van der Waals surface area contributed by atoms with E-state index in [0.717, 1.165) is 12.8 Å². The van der Waals surface area contributed by atoms with Gasteiger partial charge in [-0.2, -0.15) is 0 Å². The number of nitrogens with zero attached hydrogens (tertiary/aromatic N) is 1. The largest absolute Gasteiger partial charge is 0.444 e. The van der Waals surface area contributed by atoms with Crippen molar-refractivity contribution in [3.05, 3.63) is 0 Å². The van der Waals surface area contributed by atoms with Crippen molar-refractivity contribution in [3.63, 3.8) is 0 Å². The van der Waals surface area contributed by atoms with E-state index in [0.29, 0.717) is 39.5 Å². The molecule has 1 aliphatic heterocycles. The summed E-state index contributed by atoms with van der Waals surface area (Å²) in [5, 5.41) is 2.60. The molecule has 1 aliphatic rings. The Morgan fingerprint density at radius 2 is 1.80 bits per heavy atom. The van der Waals surface area contributed by atoms with Gasteiger partial charge in [-0.15, -0.1) is 12.3 Å². The quantitative estimate of drug-likeness (QED) is 0.527. The Bertz CT molecular complexity index is 459. The van der Waals surface area contributed by atoms with Gasteiger partial charge in [-0.25, -0.2) is 4.79 Å². The molecule has 0 saturated carbocycles. The Hall–Kier alpha value is -1.78. The average molecular weight is 354 g/mol. The van der Waals surface area contributed by atoms with Gasteiger partial charge in [0.1, 0.15) is 12.2 Å². The lowest BCUT2D eigenvalue weighted by atomic mass is 9.98. The highest BCUT2D eigenvalue weighted by Crippen LogP contribution is 2.15. The average Bonchev–Trinajstić information content (AvgIpc) is 2.55. The molecule has 25 heavy (non-hydrogen) atoms. The topological polar surface area (TPSA) is 77.1 Å². The lowest BCUT2D eigenvalue weighted by Crippen LogP contribution is -2.40. The first kappa shape index (κ1) is 21.3. The number of carbonyl (C=O) groups is 2. The lowest BCUT2D eigenvalue weighted by Gasteiger charge is -2.29. The molecule has 0 aromatic rings. The van der Waals surface area contributed by atoms with Gasteiger partial charge in [0.15, 0.2) is 0 Å². The van der Waals surface area contributed by atoms with Crippen molar-refractivity contribution in [1.29, 1.82) is 0 Å². The monoisotopic (exact) mass is 354 g/mol. The molecule has 0 aromatic carbocycles. The maximum absolute atomic E-state index is 12.0. The molecule has 0 aliphatic carbocycles. The van der Waals surface area contributed by atoms with Crippen LogP contribution in [0.3, 0.4) is 0 Å². The predicted octanol–water partition coefficient (Wildman–Crippen LogP) is 1.42. The molecular formula is C18H30N2O5. The summed E-state index contributed by atoms with van der Waals surface area (Å²) in [4.78, 5) is 25.1. The molecule has 1 N–H and O–H groups in total. The van der Waals surface area contributed by atoms with E-state index in [1.807, 2.05) is 0 Å². The summed E-state index contributed by atoms with van der Waals surface area (Å²) in [6, 6.07) is 0. The third kappa shape index (κ3) is 9.95. The van der Waals surface area contributed by atoms with Crippen molar-refractivity contribution < 1.29 is 23.8 Å². The summed E-state index contributed by atoms with van der Waals surface area (Å²) in [7, 11) is 0. The fourth-order valence-corrected chi connectivity index (χ4v) is 2.31. The van der Waals surface area contributed by atoms with Crippen LogP contribution in [0.15, 0.2) is 0 Å². The summed E-state index contributed by atoms with van der Waals surface area (Å²) in [6.45, 7) is 8.28. The zero-order chi connectivity index (χ0) is 18.7. The number of piperidine rings is 1. The summed E-state index contributed by atoms with van der Waals surface area (Å²) in [5.41, 5.74) is -0.512. The molecule has 7 heteroatoms. The maximum Gasteiger partial charge on any atom is 0.407 e. The molecule has 0 spiro atoms. The van der Waals surface area contributed by atoms with Gasteiger partial charge >= 0.3 is 6.09 Å². The van der Waals surface area contributed by atoms with E-state index in [1.165, 1.54) is 0 Å². The second kappa shape index (κ2) is 11.0. The molecule has 1 fully saturated rings.